The van der Waals surface area contributed by atoms with Gasteiger partial charge in [-0.2, -0.15) is 0 Å². The first-order valence-corrected chi connectivity index (χ1v) is 44.1. The van der Waals surface area contributed by atoms with Crippen LogP contribution in [0.15, 0.2) is 109 Å². The van der Waals surface area contributed by atoms with Crippen molar-refractivity contribution in [2.24, 2.45) is 0 Å². The topological polar surface area (TPSA) is 237 Å². The molecule has 5 unspecified atom stereocenters. The number of aliphatic hydroxyl groups is 1. The lowest BCUT2D eigenvalue weighted by Gasteiger charge is -2.21. The van der Waals surface area contributed by atoms with Crippen LogP contribution in [0.4, 0.5) is 0 Å². The molecule has 0 aliphatic rings. The van der Waals surface area contributed by atoms with Crippen molar-refractivity contribution >= 4 is 39.5 Å². The van der Waals surface area contributed by atoms with Gasteiger partial charge in [-0.05, 0) is 148 Å². The molecule has 0 aromatic heterocycles. The number of aliphatic hydroxyl groups excluding tert-OH is 1. The van der Waals surface area contributed by atoms with Crippen LogP contribution in [0.5, 0.6) is 0 Å². The second-order valence-corrected chi connectivity index (χ2v) is 30.2. The summed E-state index contributed by atoms with van der Waals surface area (Å²) in [6.45, 7) is 4.62. The van der Waals surface area contributed by atoms with Crippen LogP contribution in [0.25, 0.3) is 0 Å². The van der Waals surface area contributed by atoms with Crippen molar-refractivity contribution in [1.82, 2.24) is 0 Å². The van der Waals surface area contributed by atoms with E-state index in [0.717, 1.165) is 212 Å². The zero-order valence-corrected chi connectivity index (χ0v) is 67.5. The van der Waals surface area contributed by atoms with Crippen molar-refractivity contribution < 1.29 is 80.2 Å². The van der Waals surface area contributed by atoms with Crippen LogP contribution in [0.2, 0.25) is 0 Å². The highest BCUT2D eigenvalue weighted by molar-refractivity contribution is 7.47. The van der Waals surface area contributed by atoms with Crippen molar-refractivity contribution in [1.29, 1.82) is 0 Å². The van der Waals surface area contributed by atoms with Crippen LogP contribution < -0.4 is 0 Å². The summed E-state index contributed by atoms with van der Waals surface area (Å²) in [5.41, 5.74) is 0. The molecule has 0 aliphatic carbocycles. The summed E-state index contributed by atoms with van der Waals surface area (Å²) < 4.78 is 68.7. The van der Waals surface area contributed by atoms with E-state index in [1.165, 1.54) is 57.8 Å². The molecule has 0 heterocycles. The number of rotatable bonds is 77. The third-order valence-corrected chi connectivity index (χ3v) is 19.1. The highest BCUT2D eigenvalue weighted by Crippen LogP contribution is 2.45. The third kappa shape index (κ3) is 75.9. The van der Waals surface area contributed by atoms with E-state index in [4.69, 9.17) is 37.0 Å². The van der Waals surface area contributed by atoms with Crippen LogP contribution >= 0.6 is 15.6 Å². The molecule has 600 valence electrons. The van der Waals surface area contributed by atoms with Gasteiger partial charge in [0.25, 0.3) is 0 Å². The minimum absolute atomic E-state index is 0.0761. The summed E-state index contributed by atoms with van der Waals surface area (Å²) in [5.74, 6) is -2.20. The second-order valence-electron chi connectivity index (χ2n) is 27.3. The number of unbranched alkanes of at least 4 members (excludes halogenated alkanes) is 33. The van der Waals surface area contributed by atoms with Gasteiger partial charge in [0.2, 0.25) is 0 Å². The Bertz CT molecular complexity index is 2390. The molecule has 17 nitrogen and oxygen atoms in total. The van der Waals surface area contributed by atoms with Crippen LogP contribution in [-0.4, -0.2) is 96.7 Å². The molecular weight excluding hydrogens is 1350 g/mol. The fourth-order valence-corrected chi connectivity index (χ4v) is 12.6. The number of carbonyl (C=O) groups excluding carboxylic acids is 4. The number of hydrogen-bond donors (Lipinski definition) is 3. The highest BCUT2D eigenvalue weighted by Gasteiger charge is 2.30. The largest absolute Gasteiger partial charge is 0.472 e. The standard InChI is InChI=1S/C85H148O17P2/c1-5-9-13-17-21-25-29-33-37-39-43-45-49-53-57-61-65-69-82(87)95-75-80(101-84(89)71-67-63-59-55-51-47-41-35-31-27-23-19-15-11-7-3)77-99-103(91,92)97-73-79(86)74-98-104(93,94)100-78-81(102-85(90)72-68-64-60-56-52-48-42-36-32-28-24-20-16-12-8-4)76-96-83(88)70-66-62-58-54-50-46-44-40-38-34-30-26-22-18-14-10-6-2/h9-10,13-14,21-23,25-27,33-38,41-42,79-81,86H,5-8,11-12,15-20,24,28-32,39-40,43-78H2,1-4H3,(H,91,92)(H,93,94)/b13-9-,14-10-,25-21-,26-22-,27-23-,37-33-,38-34-,41-35-,42-36-. The maximum Gasteiger partial charge on any atom is 0.472 e. The molecule has 0 radical (unpaired) electrons. The predicted molar refractivity (Wildman–Crippen MR) is 427 cm³/mol. The number of allylic oxidation sites excluding steroid dienone is 18. The molecule has 0 bridgehead atoms. The molecule has 0 fully saturated rings. The Kier molecular flexibility index (Phi) is 73.7. The lowest BCUT2D eigenvalue weighted by atomic mass is 10.1. The quantitative estimate of drug-likeness (QED) is 0.0169. The van der Waals surface area contributed by atoms with Gasteiger partial charge in [0.1, 0.15) is 19.3 Å². The fraction of sp³-hybridized carbons (Fsp3) is 0.741. The monoisotopic (exact) mass is 1500 g/mol. The Morgan fingerprint density at radius 2 is 0.500 bits per heavy atom. The van der Waals surface area contributed by atoms with E-state index in [0.29, 0.717) is 25.7 Å². The van der Waals surface area contributed by atoms with Crippen molar-refractivity contribution in [2.45, 2.75) is 367 Å². The molecular formula is C85H148O17P2. The zero-order valence-electron chi connectivity index (χ0n) is 65.7. The van der Waals surface area contributed by atoms with Crippen molar-refractivity contribution in [3.63, 3.8) is 0 Å². The van der Waals surface area contributed by atoms with Gasteiger partial charge in [-0.1, -0.05) is 285 Å². The molecule has 0 aromatic rings. The van der Waals surface area contributed by atoms with E-state index in [1.807, 2.05) is 0 Å². The van der Waals surface area contributed by atoms with E-state index in [9.17, 15) is 43.2 Å². The van der Waals surface area contributed by atoms with Gasteiger partial charge in [0.15, 0.2) is 12.2 Å². The Morgan fingerprint density at radius 3 is 0.798 bits per heavy atom. The Morgan fingerprint density at radius 1 is 0.279 bits per heavy atom. The SMILES string of the molecule is CC/C=C\C/C=C\C/C=C\CCCCCCCCCC(=O)OCC(COP(=O)(O)OCC(O)COP(=O)(O)OCC(COC(=O)CCCCCCCCC/C=C\C/C=C\C/C=C\CC)OC(=O)CCCCCCC/C=C\CCCCCCCC)OC(=O)CCCCCCC/C=C\C/C=C\CCCCC. The minimum atomic E-state index is -4.99. The minimum Gasteiger partial charge on any atom is -0.462 e. The van der Waals surface area contributed by atoms with E-state index < -0.39 is 97.5 Å². The van der Waals surface area contributed by atoms with Gasteiger partial charge in [-0.3, -0.25) is 37.3 Å². The molecule has 0 saturated heterocycles. The summed E-state index contributed by atoms with van der Waals surface area (Å²) in [6, 6.07) is 0. The summed E-state index contributed by atoms with van der Waals surface area (Å²) in [5, 5.41) is 10.7. The maximum atomic E-state index is 13.1. The second kappa shape index (κ2) is 76.9. The summed E-state index contributed by atoms with van der Waals surface area (Å²) in [6.07, 6.45) is 83.4. The number of phosphoric ester groups is 2. The molecule has 0 aliphatic heterocycles. The Balaban J connectivity index is 5.38. The van der Waals surface area contributed by atoms with E-state index in [-0.39, 0.29) is 25.7 Å². The normalized spacial score (nSPS) is 14.4. The van der Waals surface area contributed by atoms with Crippen LogP contribution in [0.3, 0.4) is 0 Å². The molecule has 19 heteroatoms. The molecule has 104 heavy (non-hydrogen) atoms. The number of ether oxygens (including phenoxy) is 4. The molecule has 0 aromatic carbocycles. The highest BCUT2D eigenvalue weighted by atomic mass is 31.2. The number of hydrogen-bond acceptors (Lipinski definition) is 15. The van der Waals surface area contributed by atoms with Crippen molar-refractivity contribution in [2.75, 3.05) is 39.6 Å². The van der Waals surface area contributed by atoms with E-state index in [2.05, 4.69) is 137 Å². The zero-order chi connectivity index (χ0) is 76.0. The average Bonchev–Trinajstić information content (AvgIpc) is 0.937. The first-order chi connectivity index (χ1) is 50.7. The fourth-order valence-electron chi connectivity index (χ4n) is 11.0. The number of phosphoric acid groups is 2. The lowest BCUT2D eigenvalue weighted by Crippen LogP contribution is -2.30. The molecule has 5 atom stereocenters. The average molecular weight is 1500 g/mol. The maximum absolute atomic E-state index is 13.1. The van der Waals surface area contributed by atoms with Crippen LogP contribution in [-0.2, 0) is 65.4 Å². The van der Waals surface area contributed by atoms with Crippen LogP contribution in [0.1, 0.15) is 349 Å². The van der Waals surface area contributed by atoms with E-state index in [1.54, 1.807) is 0 Å². The summed E-state index contributed by atoms with van der Waals surface area (Å²) >= 11 is 0. The smallest absolute Gasteiger partial charge is 0.462 e. The number of carbonyl (C=O) groups is 4. The molecule has 0 amide bonds. The lowest BCUT2D eigenvalue weighted by molar-refractivity contribution is -0.161. The summed E-state index contributed by atoms with van der Waals surface area (Å²) in [7, 11) is -9.97. The molecule has 0 spiro atoms. The summed E-state index contributed by atoms with van der Waals surface area (Å²) in [4.78, 5) is 73.1. The van der Waals surface area contributed by atoms with Crippen molar-refractivity contribution in [3.8, 4) is 0 Å². The van der Waals surface area contributed by atoms with Gasteiger partial charge in [-0.25, -0.2) is 9.13 Å². The molecule has 0 rings (SSSR count). The Hall–Kier alpha value is -4.28. The third-order valence-electron chi connectivity index (χ3n) is 17.2. The molecule has 3 N–H and O–H groups in total. The first kappa shape index (κ1) is 99.7. The van der Waals surface area contributed by atoms with Gasteiger partial charge < -0.3 is 33.8 Å². The van der Waals surface area contributed by atoms with Gasteiger partial charge >= 0.3 is 39.5 Å². The van der Waals surface area contributed by atoms with E-state index >= 15 is 0 Å². The van der Waals surface area contributed by atoms with Crippen LogP contribution in [0, 0.1) is 0 Å². The Labute approximate surface area is 632 Å². The van der Waals surface area contributed by atoms with Crippen molar-refractivity contribution in [3.05, 3.63) is 109 Å². The first-order valence-electron chi connectivity index (χ1n) is 41.1. The molecule has 0 saturated carbocycles. The van der Waals surface area contributed by atoms with Gasteiger partial charge in [0, 0.05) is 25.7 Å². The number of esters is 4. The van der Waals surface area contributed by atoms with Gasteiger partial charge in [0.05, 0.1) is 26.4 Å². The predicted octanol–water partition coefficient (Wildman–Crippen LogP) is 24.1. The van der Waals surface area contributed by atoms with Gasteiger partial charge in [-0.15, -0.1) is 0 Å².